The molecule has 18 heavy (non-hydrogen) atoms. The number of rotatable bonds is 3. The van der Waals surface area contributed by atoms with Gasteiger partial charge in [0.1, 0.15) is 10.7 Å². The average Bonchev–Trinajstić information content (AvgIpc) is 2.82. The van der Waals surface area contributed by atoms with Crippen LogP contribution in [0.2, 0.25) is 0 Å². The molecule has 94 valence electrons. The van der Waals surface area contributed by atoms with Crippen molar-refractivity contribution in [3.8, 4) is 0 Å². The molecule has 2 aromatic rings. The van der Waals surface area contributed by atoms with Crippen molar-refractivity contribution in [2.75, 3.05) is 0 Å². The van der Waals surface area contributed by atoms with E-state index in [4.69, 9.17) is 0 Å². The largest absolute Gasteiger partial charge is 0.287 e. The van der Waals surface area contributed by atoms with Crippen LogP contribution in [0.4, 0.5) is 8.78 Å². The van der Waals surface area contributed by atoms with Crippen molar-refractivity contribution >= 4 is 33.2 Å². The maximum Gasteiger partial charge on any atom is 0.212 e. The third-order valence-corrected chi connectivity index (χ3v) is 3.75. The monoisotopic (exact) mass is 332 g/mol. The van der Waals surface area contributed by atoms with E-state index in [1.807, 2.05) is 0 Å². The Balaban J connectivity index is 2.56. The van der Waals surface area contributed by atoms with E-state index in [1.165, 1.54) is 6.07 Å². The smallest absolute Gasteiger partial charge is 0.212 e. The van der Waals surface area contributed by atoms with E-state index < -0.39 is 23.0 Å². The van der Waals surface area contributed by atoms with Crippen LogP contribution in [-0.4, -0.2) is 15.4 Å². The van der Waals surface area contributed by atoms with Crippen molar-refractivity contribution in [3.63, 3.8) is 0 Å². The van der Waals surface area contributed by atoms with Crippen molar-refractivity contribution in [2.45, 2.75) is 13.3 Å². The van der Waals surface area contributed by atoms with Gasteiger partial charge in [-0.15, -0.1) is 5.10 Å². The van der Waals surface area contributed by atoms with E-state index in [9.17, 15) is 13.6 Å². The Morgan fingerprint density at radius 2 is 2.17 bits per heavy atom. The van der Waals surface area contributed by atoms with E-state index in [0.717, 1.165) is 17.6 Å². The molecule has 1 aromatic carbocycles. The summed E-state index contributed by atoms with van der Waals surface area (Å²) >= 11 is 3.77. The first-order valence-corrected chi connectivity index (χ1v) is 6.62. The molecular formula is C11H7BrF2N2OS. The molecule has 0 unspecified atom stereocenters. The summed E-state index contributed by atoms with van der Waals surface area (Å²) < 4.78 is 31.1. The Kier molecular flexibility index (Phi) is 3.82. The van der Waals surface area contributed by atoms with E-state index in [-0.39, 0.29) is 9.35 Å². The lowest BCUT2D eigenvalue weighted by Gasteiger charge is -2.04. The van der Waals surface area contributed by atoms with Gasteiger partial charge in [0.15, 0.2) is 5.82 Å². The molecule has 2 rings (SSSR count). The van der Waals surface area contributed by atoms with Gasteiger partial charge in [0.05, 0.1) is 15.7 Å². The van der Waals surface area contributed by atoms with E-state index in [1.54, 1.807) is 6.92 Å². The molecule has 0 saturated heterocycles. The van der Waals surface area contributed by atoms with Crippen molar-refractivity contribution < 1.29 is 13.6 Å². The minimum atomic E-state index is -0.907. The van der Waals surface area contributed by atoms with Crippen LogP contribution < -0.4 is 0 Å². The highest BCUT2D eigenvalue weighted by Crippen LogP contribution is 2.26. The highest BCUT2D eigenvalue weighted by molar-refractivity contribution is 9.10. The fourth-order valence-corrected chi connectivity index (χ4v) is 2.49. The number of halogens is 3. The van der Waals surface area contributed by atoms with Crippen LogP contribution in [0.15, 0.2) is 16.6 Å². The quantitative estimate of drug-likeness (QED) is 0.639. The third-order valence-electron chi connectivity index (χ3n) is 2.37. The average molecular weight is 333 g/mol. The molecule has 0 aliphatic carbocycles. The van der Waals surface area contributed by atoms with Crippen LogP contribution in [0, 0.1) is 11.6 Å². The zero-order valence-electron chi connectivity index (χ0n) is 9.21. The molecule has 0 fully saturated rings. The number of nitrogens with zero attached hydrogens (tertiary/aromatic N) is 2. The molecule has 3 nitrogen and oxygen atoms in total. The van der Waals surface area contributed by atoms with Gasteiger partial charge in [-0.1, -0.05) is 11.4 Å². The normalized spacial score (nSPS) is 10.7. The second-order valence-corrected chi connectivity index (χ2v) is 5.06. The summed E-state index contributed by atoms with van der Waals surface area (Å²) in [6.45, 7) is 1.79. The molecule has 0 radical (unpaired) electrons. The Bertz CT molecular complexity index is 615. The van der Waals surface area contributed by atoms with E-state index in [2.05, 4.69) is 25.5 Å². The third kappa shape index (κ3) is 2.20. The van der Waals surface area contributed by atoms with Crippen LogP contribution in [0.3, 0.4) is 0 Å². The fraction of sp³-hybridized carbons (Fsp3) is 0.182. The number of carbonyl (C=O) groups is 1. The summed E-state index contributed by atoms with van der Waals surface area (Å²) in [5.74, 6) is -2.52. The molecule has 1 aromatic heterocycles. The Labute approximate surface area is 114 Å². The maximum atomic E-state index is 13.8. The standard InChI is InChI=1S/C11H7BrF2N2OS/c1-2-7-11(18-16-15-7)10(17)8-6(13)4-3-5(12)9(8)14/h3-4H,2H2,1H3. The van der Waals surface area contributed by atoms with Crippen molar-refractivity contribution in [1.29, 1.82) is 0 Å². The summed E-state index contributed by atoms with van der Waals surface area (Å²) in [7, 11) is 0. The zero-order valence-corrected chi connectivity index (χ0v) is 11.6. The topological polar surface area (TPSA) is 42.9 Å². The number of carbonyl (C=O) groups excluding carboxylic acids is 1. The number of aromatic nitrogens is 2. The molecule has 0 aliphatic rings. The van der Waals surface area contributed by atoms with E-state index >= 15 is 0 Å². The molecule has 0 amide bonds. The van der Waals surface area contributed by atoms with Crippen molar-refractivity contribution in [2.24, 2.45) is 0 Å². The Morgan fingerprint density at radius 3 is 2.83 bits per heavy atom. The van der Waals surface area contributed by atoms with Crippen molar-refractivity contribution in [1.82, 2.24) is 9.59 Å². The van der Waals surface area contributed by atoms with Gasteiger partial charge in [-0.05, 0) is 46.0 Å². The van der Waals surface area contributed by atoms with Gasteiger partial charge >= 0.3 is 0 Å². The molecule has 0 saturated carbocycles. The van der Waals surface area contributed by atoms with Gasteiger partial charge in [0.2, 0.25) is 5.78 Å². The zero-order chi connectivity index (χ0) is 13.3. The van der Waals surface area contributed by atoms with Gasteiger partial charge < -0.3 is 0 Å². The molecule has 0 bridgehead atoms. The first-order chi connectivity index (χ1) is 8.56. The molecule has 0 aliphatic heterocycles. The lowest BCUT2D eigenvalue weighted by atomic mass is 10.1. The minimum Gasteiger partial charge on any atom is -0.287 e. The van der Waals surface area contributed by atoms with Crippen LogP contribution in [0.5, 0.6) is 0 Å². The summed E-state index contributed by atoms with van der Waals surface area (Å²) in [4.78, 5) is 12.3. The van der Waals surface area contributed by atoms with Crippen molar-refractivity contribution in [3.05, 3.63) is 44.4 Å². The number of aryl methyl sites for hydroxylation is 1. The van der Waals surface area contributed by atoms with Crippen LogP contribution in [-0.2, 0) is 6.42 Å². The maximum absolute atomic E-state index is 13.8. The summed E-state index contributed by atoms with van der Waals surface area (Å²) in [6.07, 6.45) is 0.481. The Hall–Kier alpha value is -1.21. The lowest BCUT2D eigenvalue weighted by molar-refractivity contribution is 0.103. The van der Waals surface area contributed by atoms with Gasteiger partial charge in [-0.25, -0.2) is 8.78 Å². The molecule has 0 atom stereocenters. The van der Waals surface area contributed by atoms with Gasteiger partial charge in [0, 0.05) is 0 Å². The van der Waals surface area contributed by atoms with Gasteiger partial charge in [-0.2, -0.15) is 0 Å². The molecule has 0 spiro atoms. The first kappa shape index (κ1) is 13.2. The number of hydrogen-bond acceptors (Lipinski definition) is 4. The van der Waals surface area contributed by atoms with E-state index in [0.29, 0.717) is 12.1 Å². The SMILES string of the molecule is CCc1nnsc1C(=O)c1c(F)ccc(Br)c1F. The number of ketones is 1. The highest BCUT2D eigenvalue weighted by Gasteiger charge is 2.25. The predicted molar refractivity (Wildman–Crippen MR) is 66.8 cm³/mol. The molecule has 7 heteroatoms. The second kappa shape index (κ2) is 5.19. The molecule has 1 heterocycles. The van der Waals surface area contributed by atoms with Crippen LogP contribution in [0.1, 0.15) is 27.9 Å². The van der Waals surface area contributed by atoms with Crippen LogP contribution >= 0.6 is 27.5 Å². The molecule has 0 N–H and O–H groups in total. The van der Waals surface area contributed by atoms with Crippen LogP contribution in [0.25, 0.3) is 0 Å². The predicted octanol–water partition coefficient (Wildman–Crippen LogP) is 3.37. The van der Waals surface area contributed by atoms with Gasteiger partial charge in [-0.3, -0.25) is 4.79 Å². The summed E-state index contributed by atoms with van der Waals surface area (Å²) in [5.41, 5.74) is -0.131. The van der Waals surface area contributed by atoms with Gasteiger partial charge in [0.25, 0.3) is 0 Å². The summed E-state index contributed by atoms with van der Waals surface area (Å²) in [5, 5.41) is 3.75. The first-order valence-electron chi connectivity index (χ1n) is 5.05. The molecular weight excluding hydrogens is 326 g/mol. The Morgan fingerprint density at radius 1 is 1.44 bits per heavy atom. The summed E-state index contributed by atoms with van der Waals surface area (Å²) in [6, 6.07) is 2.26. The minimum absolute atomic E-state index is 0.0442. The second-order valence-electron chi connectivity index (χ2n) is 3.45. The highest BCUT2D eigenvalue weighted by atomic mass is 79.9. The fourth-order valence-electron chi connectivity index (χ4n) is 1.46. The number of benzene rings is 1. The lowest BCUT2D eigenvalue weighted by Crippen LogP contribution is -2.08. The number of hydrogen-bond donors (Lipinski definition) is 0.